The van der Waals surface area contributed by atoms with Gasteiger partial charge in [-0.3, -0.25) is 4.79 Å². The molecule has 0 aromatic rings. The predicted molar refractivity (Wildman–Crippen MR) is 69.7 cm³/mol. The van der Waals surface area contributed by atoms with E-state index in [9.17, 15) is 13.2 Å². The maximum atomic E-state index is 11.5. The molecule has 0 spiro atoms. The first kappa shape index (κ1) is 16.4. The van der Waals surface area contributed by atoms with Crippen molar-refractivity contribution in [3.8, 4) is 0 Å². The van der Waals surface area contributed by atoms with Crippen LogP contribution in [0.15, 0.2) is 0 Å². The first-order valence-corrected chi connectivity index (χ1v) is 7.69. The Kier molecular flexibility index (Phi) is 7.38. The molecule has 0 bridgehead atoms. The van der Waals surface area contributed by atoms with Crippen LogP contribution in [0, 0.1) is 0 Å². The molecule has 1 amide bonds. The molecule has 6 heteroatoms. The van der Waals surface area contributed by atoms with Gasteiger partial charge in [-0.15, -0.1) is 0 Å². The minimum Gasteiger partial charge on any atom is -0.354 e. The molecular weight excluding hydrogens is 240 g/mol. The van der Waals surface area contributed by atoms with E-state index in [1.807, 2.05) is 13.8 Å². The Morgan fingerprint density at radius 1 is 1.12 bits per heavy atom. The highest BCUT2D eigenvalue weighted by atomic mass is 32.2. The highest BCUT2D eigenvalue weighted by molar-refractivity contribution is 7.92. The van der Waals surface area contributed by atoms with Crippen molar-refractivity contribution in [3.05, 3.63) is 0 Å². The molecule has 0 aliphatic carbocycles. The van der Waals surface area contributed by atoms with Gasteiger partial charge in [0.25, 0.3) is 0 Å². The van der Waals surface area contributed by atoms with Crippen molar-refractivity contribution in [2.45, 2.75) is 45.4 Å². The van der Waals surface area contributed by atoms with Gasteiger partial charge >= 0.3 is 0 Å². The van der Waals surface area contributed by atoms with Gasteiger partial charge in [-0.2, -0.15) is 0 Å². The molecular formula is C11H24N2O3S. The van der Waals surface area contributed by atoms with Crippen LogP contribution >= 0.6 is 0 Å². The van der Waals surface area contributed by atoms with Gasteiger partial charge in [0.15, 0.2) is 9.84 Å². The monoisotopic (exact) mass is 264 g/mol. The predicted octanol–water partition coefficient (Wildman–Crippen LogP) is 0.314. The molecule has 0 aliphatic heterocycles. The van der Waals surface area contributed by atoms with Gasteiger partial charge in [0.1, 0.15) is 0 Å². The van der Waals surface area contributed by atoms with E-state index >= 15 is 0 Å². The lowest BCUT2D eigenvalue weighted by atomic mass is 10.3. The Balaban J connectivity index is 3.64. The number of sulfone groups is 1. The molecule has 0 heterocycles. The van der Waals surface area contributed by atoms with E-state index in [1.165, 1.54) is 0 Å². The molecule has 2 N–H and O–H groups in total. The van der Waals surface area contributed by atoms with Gasteiger partial charge in [0.05, 0.1) is 11.0 Å². The summed E-state index contributed by atoms with van der Waals surface area (Å²) in [7, 11) is -2.98. The summed E-state index contributed by atoms with van der Waals surface area (Å²) in [4.78, 5) is 11.3. The Labute approximate surface area is 104 Å². The Morgan fingerprint density at radius 2 is 1.71 bits per heavy atom. The molecule has 0 radical (unpaired) electrons. The van der Waals surface area contributed by atoms with Gasteiger partial charge in [-0.1, -0.05) is 0 Å². The second-order valence-electron chi connectivity index (χ2n) is 4.64. The lowest BCUT2D eigenvalue weighted by Gasteiger charge is -2.10. The molecule has 5 nitrogen and oxygen atoms in total. The summed E-state index contributed by atoms with van der Waals surface area (Å²) in [6.45, 7) is 8.06. The topological polar surface area (TPSA) is 75.3 Å². The number of hydrogen-bond donors (Lipinski definition) is 2. The van der Waals surface area contributed by atoms with Gasteiger partial charge < -0.3 is 10.6 Å². The molecule has 0 atom stereocenters. The van der Waals surface area contributed by atoms with E-state index < -0.39 is 9.84 Å². The van der Waals surface area contributed by atoms with Gasteiger partial charge in [-0.25, -0.2) is 8.42 Å². The van der Waals surface area contributed by atoms with E-state index in [-0.39, 0.29) is 23.0 Å². The zero-order valence-electron chi connectivity index (χ0n) is 11.1. The Hall–Kier alpha value is -0.620. The molecule has 17 heavy (non-hydrogen) atoms. The molecule has 0 aromatic carbocycles. The number of carbonyl (C=O) groups excluding carboxylic acids is 1. The summed E-state index contributed by atoms with van der Waals surface area (Å²) in [5.41, 5.74) is 0. The fourth-order valence-corrected chi connectivity index (χ4v) is 2.07. The summed E-state index contributed by atoms with van der Waals surface area (Å²) in [6.07, 6.45) is 0.375. The van der Waals surface area contributed by atoms with Crippen LogP contribution < -0.4 is 10.6 Å². The van der Waals surface area contributed by atoms with E-state index in [1.54, 1.807) is 13.8 Å². The molecule has 0 unspecified atom stereocenters. The van der Waals surface area contributed by atoms with Crippen LogP contribution in [0.3, 0.4) is 0 Å². The number of nitrogens with one attached hydrogen (secondary N) is 2. The van der Waals surface area contributed by atoms with E-state index in [4.69, 9.17) is 0 Å². The zero-order chi connectivity index (χ0) is 13.5. The zero-order valence-corrected chi connectivity index (χ0v) is 11.9. The maximum absolute atomic E-state index is 11.5. The van der Waals surface area contributed by atoms with Crippen LogP contribution in [-0.2, 0) is 14.6 Å². The van der Waals surface area contributed by atoms with Crippen LogP contribution in [0.5, 0.6) is 0 Å². The fraction of sp³-hybridized carbons (Fsp3) is 0.909. The molecule has 0 fully saturated rings. The van der Waals surface area contributed by atoms with Crippen molar-refractivity contribution < 1.29 is 13.2 Å². The fourth-order valence-electron chi connectivity index (χ4n) is 1.17. The minimum atomic E-state index is -2.98. The third-order valence-corrected chi connectivity index (χ3v) is 4.47. The molecule has 0 saturated heterocycles. The normalized spacial score (nSPS) is 12.1. The molecule has 0 rings (SSSR count). The van der Waals surface area contributed by atoms with Crippen molar-refractivity contribution in [3.63, 3.8) is 0 Å². The van der Waals surface area contributed by atoms with Crippen LogP contribution in [0.25, 0.3) is 0 Å². The van der Waals surface area contributed by atoms with E-state index in [0.717, 1.165) is 0 Å². The minimum absolute atomic E-state index is 0.0146. The summed E-state index contributed by atoms with van der Waals surface area (Å²) in [5.74, 6) is 0.107. The standard InChI is InChI=1S/C11H24N2O3S/c1-9(2)13-11(14)5-6-12-7-8-17(15,16)10(3)4/h9-10,12H,5-8H2,1-4H3,(H,13,14). The molecule has 0 aromatic heterocycles. The third kappa shape index (κ3) is 8.15. The van der Waals surface area contributed by atoms with Crippen LogP contribution in [0.2, 0.25) is 0 Å². The quantitative estimate of drug-likeness (QED) is 0.619. The summed E-state index contributed by atoms with van der Waals surface area (Å²) in [6, 6.07) is 0.142. The average molecular weight is 264 g/mol. The van der Waals surface area contributed by atoms with Crippen LogP contribution in [0.4, 0.5) is 0 Å². The Bertz CT molecular complexity index is 324. The number of hydrogen-bond acceptors (Lipinski definition) is 4. The number of rotatable bonds is 8. The first-order valence-electron chi connectivity index (χ1n) is 5.97. The summed E-state index contributed by atoms with van der Waals surface area (Å²) < 4.78 is 22.9. The number of amides is 1. The van der Waals surface area contributed by atoms with Crippen molar-refractivity contribution in [2.24, 2.45) is 0 Å². The van der Waals surface area contributed by atoms with Gasteiger partial charge in [0, 0.05) is 25.6 Å². The first-order chi connectivity index (χ1) is 7.75. The van der Waals surface area contributed by atoms with E-state index in [0.29, 0.717) is 19.5 Å². The summed E-state index contributed by atoms with van der Waals surface area (Å²) >= 11 is 0. The van der Waals surface area contributed by atoms with E-state index in [2.05, 4.69) is 10.6 Å². The molecule has 102 valence electrons. The third-order valence-electron chi connectivity index (χ3n) is 2.26. The van der Waals surface area contributed by atoms with Crippen molar-refractivity contribution in [1.82, 2.24) is 10.6 Å². The summed E-state index contributed by atoms with van der Waals surface area (Å²) in [5, 5.41) is 5.39. The highest BCUT2D eigenvalue weighted by Gasteiger charge is 2.14. The van der Waals surface area contributed by atoms with Crippen molar-refractivity contribution in [1.29, 1.82) is 0 Å². The second-order valence-corrected chi connectivity index (χ2v) is 7.31. The van der Waals surface area contributed by atoms with Crippen LogP contribution in [-0.4, -0.2) is 44.5 Å². The number of carbonyl (C=O) groups is 1. The highest BCUT2D eigenvalue weighted by Crippen LogP contribution is 1.98. The smallest absolute Gasteiger partial charge is 0.221 e. The second kappa shape index (κ2) is 7.66. The molecule has 0 saturated carbocycles. The Morgan fingerprint density at radius 3 is 2.18 bits per heavy atom. The lowest BCUT2D eigenvalue weighted by Crippen LogP contribution is -2.34. The van der Waals surface area contributed by atoms with Gasteiger partial charge in [0.2, 0.25) is 5.91 Å². The maximum Gasteiger partial charge on any atom is 0.221 e. The largest absolute Gasteiger partial charge is 0.354 e. The average Bonchev–Trinajstić information content (AvgIpc) is 2.15. The van der Waals surface area contributed by atoms with Crippen LogP contribution in [0.1, 0.15) is 34.1 Å². The van der Waals surface area contributed by atoms with Gasteiger partial charge in [-0.05, 0) is 27.7 Å². The lowest BCUT2D eigenvalue weighted by molar-refractivity contribution is -0.121. The van der Waals surface area contributed by atoms with Crippen molar-refractivity contribution in [2.75, 3.05) is 18.8 Å². The van der Waals surface area contributed by atoms with Crippen molar-refractivity contribution >= 4 is 15.7 Å². The SMILES string of the molecule is CC(C)NC(=O)CCNCCS(=O)(=O)C(C)C. The molecule has 0 aliphatic rings.